The second-order valence-corrected chi connectivity index (χ2v) is 6.86. The highest BCUT2D eigenvalue weighted by Crippen LogP contribution is 2.44. The Kier molecular flexibility index (Phi) is 6.43. The predicted molar refractivity (Wildman–Crippen MR) is 113 cm³/mol. The Bertz CT molecular complexity index is 1050. The summed E-state index contributed by atoms with van der Waals surface area (Å²) in [6.07, 6.45) is -3.67. The highest BCUT2D eigenvalue weighted by atomic mass is 19.3. The molecule has 0 saturated heterocycles. The topological polar surface area (TPSA) is 30.5 Å². The summed E-state index contributed by atoms with van der Waals surface area (Å²) in [5.74, 6) is -1.26. The summed E-state index contributed by atoms with van der Waals surface area (Å²) < 4.78 is 63.4. The van der Waals surface area contributed by atoms with Crippen LogP contribution in [0.3, 0.4) is 0 Å². The van der Waals surface area contributed by atoms with Gasteiger partial charge in [0.2, 0.25) is 0 Å². The third-order valence-corrected chi connectivity index (χ3v) is 4.76. The maximum absolute atomic E-state index is 13.9. The molecule has 1 unspecified atom stereocenters. The first-order valence-electron chi connectivity index (χ1n) is 9.95. The summed E-state index contributed by atoms with van der Waals surface area (Å²) in [5, 5.41) is 3.06. The van der Waals surface area contributed by atoms with Gasteiger partial charge in [-0.2, -0.15) is 0 Å². The summed E-state index contributed by atoms with van der Waals surface area (Å²) in [6, 6.07) is 13.2. The summed E-state index contributed by atoms with van der Waals surface area (Å²) >= 11 is 0. The molecule has 1 aliphatic heterocycles. The fraction of sp³-hybridized carbons (Fsp3) is 0.250. The zero-order valence-electron chi connectivity index (χ0n) is 17.6. The molecule has 3 aromatic carbocycles. The van der Waals surface area contributed by atoms with Gasteiger partial charge >= 0.3 is 6.29 Å². The molecule has 3 nitrogen and oxygen atoms in total. The SMILES string of the molecule is CC.Cc1cc2c(cc1-c1ccc(NC(C)c3c(F)cccc3F)cc1)OC(F)(F)O2. The number of aryl methyl sites for hydroxylation is 1. The van der Waals surface area contributed by atoms with Crippen LogP contribution in [0.25, 0.3) is 11.1 Å². The van der Waals surface area contributed by atoms with Crippen LogP contribution in [-0.4, -0.2) is 6.29 Å². The molecule has 3 aromatic rings. The number of rotatable bonds is 4. The number of benzene rings is 3. The largest absolute Gasteiger partial charge is 0.586 e. The molecule has 0 saturated carbocycles. The highest BCUT2D eigenvalue weighted by molar-refractivity contribution is 5.72. The molecule has 1 N–H and O–H groups in total. The average molecular weight is 433 g/mol. The molecule has 0 fully saturated rings. The normalized spacial score (nSPS) is 14.5. The van der Waals surface area contributed by atoms with Crippen molar-refractivity contribution in [1.29, 1.82) is 0 Å². The lowest BCUT2D eigenvalue weighted by Crippen LogP contribution is -2.25. The van der Waals surface area contributed by atoms with Gasteiger partial charge in [-0.3, -0.25) is 0 Å². The first kappa shape index (κ1) is 22.5. The van der Waals surface area contributed by atoms with Gasteiger partial charge in [-0.25, -0.2) is 8.78 Å². The minimum atomic E-state index is -3.67. The van der Waals surface area contributed by atoms with Crippen LogP contribution in [0.4, 0.5) is 23.2 Å². The Hall–Kier alpha value is -3.22. The van der Waals surface area contributed by atoms with E-state index in [1.165, 1.54) is 30.3 Å². The van der Waals surface area contributed by atoms with E-state index in [-0.39, 0.29) is 17.1 Å². The molecule has 0 aromatic heterocycles. The van der Waals surface area contributed by atoms with Gasteiger partial charge < -0.3 is 14.8 Å². The van der Waals surface area contributed by atoms with E-state index in [1.54, 1.807) is 38.1 Å². The van der Waals surface area contributed by atoms with Crippen LogP contribution < -0.4 is 14.8 Å². The highest BCUT2D eigenvalue weighted by Gasteiger charge is 2.43. The zero-order chi connectivity index (χ0) is 22.8. The molecule has 0 amide bonds. The van der Waals surface area contributed by atoms with E-state index in [0.717, 1.165) is 11.1 Å². The standard InChI is InChI=1S/C22H17F4NO2.C2H6/c1-12-10-19-20(29-22(25,26)28-19)11-16(12)14-6-8-15(9-7-14)27-13(2)21-17(23)4-3-5-18(21)24;1-2/h3-11,13,27H,1-2H3;1-2H3. The van der Waals surface area contributed by atoms with E-state index in [1.807, 2.05) is 13.8 Å². The molecule has 164 valence electrons. The maximum Gasteiger partial charge on any atom is 0.586 e. The van der Waals surface area contributed by atoms with Gasteiger partial charge in [-0.1, -0.05) is 32.0 Å². The Morgan fingerprint density at radius 3 is 2.00 bits per heavy atom. The van der Waals surface area contributed by atoms with Crippen LogP contribution in [-0.2, 0) is 0 Å². The summed E-state index contributed by atoms with van der Waals surface area (Å²) in [6.45, 7) is 7.45. The van der Waals surface area contributed by atoms with Crippen molar-refractivity contribution >= 4 is 5.69 Å². The van der Waals surface area contributed by atoms with Gasteiger partial charge in [0.1, 0.15) is 11.6 Å². The van der Waals surface area contributed by atoms with Crippen LogP contribution in [0.15, 0.2) is 54.6 Å². The molecular formula is C24H23F4NO2. The second kappa shape index (κ2) is 8.88. The van der Waals surface area contributed by atoms with Gasteiger partial charge in [0.05, 0.1) is 6.04 Å². The number of halogens is 4. The van der Waals surface area contributed by atoms with Crippen LogP contribution in [0.2, 0.25) is 0 Å². The molecule has 7 heteroatoms. The number of hydrogen-bond acceptors (Lipinski definition) is 3. The van der Waals surface area contributed by atoms with Gasteiger partial charge in [0.15, 0.2) is 11.5 Å². The van der Waals surface area contributed by atoms with E-state index in [4.69, 9.17) is 0 Å². The van der Waals surface area contributed by atoms with Crippen molar-refractivity contribution in [2.75, 3.05) is 5.32 Å². The van der Waals surface area contributed by atoms with Gasteiger partial charge in [-0.15, -0.1) is 8.78 Å². The van der Waals surface area contributed by atoms with E-state index >= 15 is 0 Å². The number of nitrogens with one attached hydrogen (secondary N) is 1. The molecule has 0 aliphatic carbocycles. The third kappa shape index (κ3) is 4.76. The van der Waals surface area contributed by atoms with E-state index in [2.05, 4.69) is 14.8 Å². The number of anilines is 1. The van der Waals surface area contributed by atoms with Crippen molar-refractivity contribution in [3.8, 4) is 22.6 Å². The monoisotopic (exact) mass is 433 g/mol. The van der Waals surface area contributed by atoms with E-state index < -0.39 is 24.0 Å². The van der Waals surface area contributed by atoms with Gasteiger partial charge in [0.25, 0.3) is 0 Å². The smallest absolute Gasteiger partial charge is 0.395 e. The van der Waals surface area contributed by atoms with E-state index in [9.17, 15) is 17.6 Å². The first-order valence-corrected chi connectivity index (χ1v) is 9.95. The molecular weight excluding hydrogens is 410 g/mol. The number of ether oxygens (including phenoxy) is 2. The van der Waals surface area contributed by atoms with Crippen molar-refractivity contribution in [3.63, 3.8) is 0 Å². The lowest BCUT2D eigenvalue weighted by atomic mass is 9.99. The molecule has 4 rings (SSSR count). The van der Waals surface area contributed by atoms with Crippen LogP contribution in [0, 0.1) is 18.6 Å². The fourth-order valence-corrected chi connectivity index (χ4v) is 3.40. The lowest BCUT2D eigenvalue weighted by Gasteiger charge is -2.17. The maximum atomic E-state index is 13.9. The zero-order valence-corrected chi connectivity index (χ0v) is 17.6. The molecule has 1 aliphatic rings. The van der Waals surface area contributed by atoms with Gasteiger partial charge in [0, 0.05) is 11.3 Å². The number of alkyl halides is 2. The van der Waals surface area contributed by atoms with Crippen molar-refractivity contribution in [1.82, 2.24) is 0 Å². The Morgan fingerprint density at radius 1 is 0.871 bits per heavy atom. The van der Waals surface area contributed by atoms with Crippen molar-refractivity contribution in [2.45, 2.75) is 40.0 Å². The van der Waals surface area contributed by atoms with Gasteiger partial charge in [-0.05, 0) is 66.9 Å². The molecule has 1 atom stereocenters. The minimum Gasteiger partial charge on any atom is -0.395 e. The van der Waals surface area contributed by atoms with E-state index in [0.29, 0.717) is 11.3 Å². The van der Waals surface area contributed by atoms with Crippen LogP contribution in [0.5, 0.6) is 11.5 Å². The van der Waals surface area contributed by atoms with Crippen molar-refractivity contribution in [2.24, 2.45) is 0 Å². The van der Waals surface area contributed by atoms with Crippen molar-refractivity contribution < 1.29 is 27.0 Å². The Labute approximate surface area is 178 Å². The molecule has 0 spiro atoms. The van der Waals surface area contributed by atoms with Crippen molar-refractivity contribution in [3.05, 3.63) is 77.4 Å². The Balaban J connectivity index is 0.00000132. The Morgan fingerprint density at radius 2 is 1.42 bits per heavy atom. The second-order valence-electron chi connectivity index (χ2n) is 6.86. The predicted octanol–water partition coefficient (Wildman–Crippen LogP) is 7.46. The molecule has 31 heavy (non-hydrogen) atoms. The van der Waals surface area contributed by atoms with Crippen LogP contribution in [0.1, 0.15) is 37.9 Å². The number of fused-ring (bicyclic) bond motifs is 1. The van der Waals surface area contributed by atoms with Crippen LogP contribution >= 0.6 is 0 Å². The molecule has 1 heterocycles. The fourth-order valence-electron chi connectivity index (χ4n) is 3.40. The summed E-state index contributed by atoms with van der Waals surface area (Å²) in [4.78, 5) is 0. The summed E-state index contributed by atoms with van der Waals surface area (Å²) in [5.41, 5.74) is 2.86. The first-order chi connectivity index (χ1) is 14.7. The molecule has 0 bridgehead atoms. The quantitative estimate of drug-likeness (QED) is 0.433. The summed E-state index contributed by atoms with van der Waals surface area (Å²) in [7, 11) is 0. The minimum absolute atomic E-state index is 0.00437. The third-order valence-electron chi connectivity index (χ3n) is 4.76. The lowest BCUT2D eigenvalue weighted by molar-refractivity contribution is -0.286. The average Bonchev–Trinajstić information content (AvgIpc) is 3.02. The number of hydrogen-bond donors (Lipinski definition) is 1. The molecule has 0 radical (unpaired) electrons.